The molecular weight excluding hydrogens is 356 g/mol. The fourth-order valence-electron chi connectivity index (χ4n) is 2.25. The van der Waals surface area contributed by atoms with E-state index in [1.54, 1.807) is 24.3 Å². The van der Waals surface area contributed by atoms with Gasteiger partial charge < -0.3 is 15.1 Å². The Balaban J connectivity index is 2.15. The van der Waals surface area contributed by atoms with E-state index in [0.29, 0.717) is 6.54 Å². The molecule has 0 bridgehead atoms. The van der Waals surface area contributed by atoms with Gasteiger partial charge >= 0.3 is 11.8 Å². The summed E-state index contributed by atoms with van der Waals surface area (Å²) in [4.78, 5) is 23.8. The van der Waals surface area contributed by atoms with Crippen molar-refractivity contribution in [2.45, 2.75) is 24.0 Å². The Morgan fingerprint density at radius 1 is 0.962 bits per heavy atom. The van der Waals surface area contributed by atoms with Crippen LogP contribution in [-0.2, 0) is 19.4 Å². The molecule has 0 saturated heterocycles. The molecule has 7 nitrogen and oxygen atoms in total. The number of hydrogen-bond acceptors (Lipinski definition) is 5. The minimum absolute atomic E-state index is 0.111. The van der Waals surface area contributed by atoms with E-state index >= 15 is 0 Å². The second-order valence-corrected chi connectivity index (χ2v) is 8.31. The third kappa shape index (κ3) is 4.95. The van der Waals surface area contributed by atoms with Crippen molar-refractivity contribution in [1.82, 2.24) is 10.6 Å². The quantitative estimate of drug-likeness (QED) is 0.713. The van der Waals surface area contributed by atoms with E-state index in [1.807, 2.05) is 13.8 Å². The molecule has 0 aliphatic heterocycles. The largest absolute Gasteiger partial charge is 0.468 e. The van der Waals surface area contributed by atoms with Gasteiger partial charge in [0.15, 0.2) is 9.84 Å². The van der Waals surface area contributed by atoms with Crippen molar-refractivity contribution in [3.63, 3.8) is 0 Å². The summed E-state index contributed by atoms with van der Waals surface area (Å²) in [5.41, 5.74) is 0. The number of amides is 2. The maximum absolute atomic E-state index is 12.9. The van der Waals surface area contributed by atoms with Crippen LogP contribution < -0.4 is 10.6 Å². The molecule has 0 fully saturated rings. The summed E-state index contributed by atoms with van der Waals surface area (Å²) in [6.07, 6.45) is 1.36. The predicted octanol–water partition coefficient (Wildman–Crippen LogP) is 1.68. The molecule has 1 aromatic heterocycles. The summed E-state index contributed by atoms with van der Waals surface area (Å²) in [5, 5.41) is 3.73. The number of sulfone groups is 1. The van der Waals surface area contributed by atoms with Crippen LogP contribution in [0.2, 0.25) is 0 Å². The molecule has 1 atom stereocenters. The predicted molar refractivity (Wildman–Crippen MR) is 95.9 cm³/mol. The molecule has 2 rings (SSSR count). The minimum Gasteiger partial charge on any atom is -0.468 e. The molecule has 8 heteroatoms. The van der Waals surface area contributed by atoms with Gasteiger partial charge in [0.2, 0.25) is 0 Å². The Bertz CT molecular complexity index is 830. The first-order valence-electron chi connectivity index (χ1n) is 8.20. The van der Waals surface area contributed by atoms with Gasteiger partial charge in [-0.1, -0.05) is 32.0 Å². The zero-order chi connectivity index (χ0) is 19.2. The van der Waals surface area contributed by atoms with Gasteiger partial charge in [0.05, 0.1) is 11.2 Å². The van der Waals surface area contributed by atoms with Crippen LogP contribution in [0.15, 0.2) is 58.0 Å². The van der Waals surface area contributed by atoms with Crippen molar-refractivity contribution in [2.24, 2.45) is 5.92 Å². The zero-order valence-electron chi connectivity index (χ0n) is 14.6. The fourth-order valence-corrected chi connectivity index (χ4v) is 3.86. The molecule has 0 spiro atoms. The molecule has 0 aliphatic rings. The number of hydrogen-bond donors (Lipinski definition) is 2. The summed E-state index contributed by atoms with van der Waals surface area (Å²) >= 11 is 0. The lowest BCUT2D eigenvalue weighted by Crippen LogP contribution is -2.43. The number of furan rings is 1. The lowest BCUT2D eigenvalue weighted by atomic mass is 10.2. The Labute approximate surface area is 152 Å². The van der Waals surface area contributed by atoms with Gasteiger partial charge in [-0.05, 0) is 30.2 Å². The number of rotatable bonds is 7. The van der Waals surface area contributed by atoms with Crippen LogP contribution in [0.1, 0.15) is 24.9 Å². The van der Waals surface area contributed by atoms with Gasteiger partial charge in [0.1, 0.15) is 11.0 Å². The van der Waals surface area contributed by atoms with Gasteiger partial charge in [-0.3, -0.25) is 9.59 Å². The molecule has 1 aromatic carbocycles. The number of nitrogens with one attached hydrogen (secondary N) is 2. The summed E-state index contributed by atoms with van der Waals surface area (Å²) in [6, 6.07) is 11.0. The lowest BCUT2D eigenvalue weighted by molar-refractivity contribution is -0.139. The van der Waals surface area contributed by atoms with Crippen LogP contribution in [0.5, 0.6) is 0 Å². The highest BCUT2D eigenvalue weighted by Gasteiger charge is 2.32. The molecule has 2 aromatic rings. The van der Waals surface area contributed by atoms with Gasteiger partial charge in [-0.15, -0.1) is 0 Å². The first-order valence-corrected chi connectivity index (χ1v) is 9.75. The van der Waals surface area contributed by atoms with E-state index in [9.17, 15) is 18.0 Å². The average molecular weight is 378 g/mol. The maximum atomic E-state index is 12.9. The van der Waals surface area contributed by atoms with Crippen molar-refractivity contribution in [3.05, 3.63) is 54.5 Å². The van der Waals surface area contributed by atoms with E-state index in [-0.39, 0.29) is 23.1 Å². The van der Waals surface area contributed by atoms with Gasteiger partial charge in [-0.25, -0.2) is 8.42 Å². The highest BCUT2D eigenvalue weighted by Crippen LogP contribution is 2.28. The van der Waals surface area contributed by atoms with E-state index in [4.69, 9.17) is 4.42 Å². The SMILES string of the molecule is CC(C)CNC(=O)C(=O)NCC(c1ccco1)S(=O)(=O)c1ccccc1. The second kappa shape index (κ2) is 8.66. The Kier molecular flexibility index (Phi) is 6.57. The number of carbonyl (C=O) groups excluding carboxylic acids is 2. The standard InChI is InChI=1S/C18H22N2O5S/c1-13(2)11-19-17(21)18(22)20-12-16(15-9-6-10-25-15)26(23,24)14-7-4-3-5-8-14/h3-10,13,16H,11-12H2,1-2H3,(H,19,21)(H,20,22). The van der Waals surface area contributed by atoms with Crippen molar-refractivity contribution in [2.75, 3.05) is 13.1 Å². The van der Waals surface area contributed by atoms with Crippen molar-refractivity contribution in [3.8, 4) is 0 Å². The van der Waals surface area contributed by atoms with Crippen LogP contribution in [0, 0.1) is 5.92 Å². The summed E-state index contributed by atoms with van der Waals surface area (Å²) in [5.74, 6) is -1.29. The average Bonchev–Trinajstić information content (AvgIpc) is 3.14. The molecule has 0 saturated carbocycles. The first kappa shape index (κ1) is 19.7. The molecule has 1 unspecified atom stereocenters. The fraction of sp³-hybridized carbons (Fsp3) is 0.333. The maximum Gasteiger partial charge on any atom is 0.309 e. The Hall–Kier alpha value is -2.61. The molecule has 0 radical (unpaired) electrons. The van der Waals surface area contributed by atoms with Gasteiger partial charge in [0, 0.05) is 13.1 Å². The van der Waals surface area contributed by atoms with Crippen molar-refractivity contribution in [1.29, 1.82) is 0 Å². The summed E-state index contributed by atoms with van der Waals surface area (Å²) in [7, 11) is -3.81. The van der Waals surface area contributed by atoms with Crippen LogP contribution >= 0.6 is 0 Å². The van der Waals surface area contributed by atoms with E-state index in [1.165, 1.54) is 24.5 Å². The minimum atomic E-state index is -3.81. The Morgan fingerprint density at radius 3 is 2.12 bits per heavy atom. The molecular formula is C18H22N2O5S. The first-order chi connectivity index (χ1) is 12.3. The van der Waals surface area contributed by atoms with E-state index < -0.39 is 26.9 Å². The molecule has 26 heavy (non-hydrogen) atoms. The summed E-state index contributed by atoms with van der Waals surface area (Å²) in [6.45, 7) is 3.88. The summed E-state index contributed by atoms with van der Waals surface area (Å²) < 4.78 is 31.1. The molecule has 2 amide bonds. The topological polar surface area (TPSA) is 105 Å². The van der Waals surface area contributed by atoms with E-state index in [2.05, 4.69) is 10.6 Å². The van der Waals surface area contributed by atoms with Gasteiger partial charge in [0.25, 0.3) is 0 Å². The third-order valence-corrected chi connectivity index (χ3v) is 5.71. The van der Waals surface area contributed by atoms with Crippen molar-refractivity contribution < 1.29 is 22.4 Å². The van der Waals surface area contributed by atoms with Crippen LogP contribution in [0.4, 0.5) is 0 Å². The molecule has 2 N–H and O–H groups in total. The van der Waals surface area contributed by atoms with Crippen LogP contribution in [-0.4, -0.2) is 33.3 Å². The third-order valence-electron chi connectivity index (χ3n) is 3.63. The van der Waals surface area contributed by atoms with Crippen LogP contribution in [0.3, 0.4) is 0 Å². The van der Waals surface area contributed by atoms with Crippen LogP contribution in [0.25, 0.3) is 0 Å². The molecule has 0 aliphatic carbocycles. The monoisotopic (exact) mass is 378 g/mol. The smallest absolute Gasteiger partial charge is 0.309 e. The molecule has 1 heterocycles. The van der Waals surface area contributed by atoms with E-state index in [0.717, 1.165) is 0 Å². The Morgan fingerprint density at radius 2 is 1.58 bits per heavy atom. The number of benzene rings is 1. The zero-order valence-corrected chi connectivity index (χ0v) is 15.5. The lowest BCUT2D eigenvalue weighted by Gasteiger charge is -2.16. The second-order valence-electron chi connectivity index (χ2n) is 6.18. The molecule has 140 valence electrons. The normalized spacial score (nSPS) is 12.6. The highest BCUT2D eigenvalue weighted by molar-refractivity contribution is 7.91. The number of carbonyl (C=O) groups is 2. The van der Waals surface area contributed by atoms with Gasteiger partial charge in [-0.2, -0.15) is 0 Å². The highest BCUT2D eigenvalue weighted by atomic mass is 32.2. The van der Waals surface area contributed by atoms with Crippen molar-refractivity contribution >= 4 is 21.7 Å².